The lowest BCUT2D eigenvalue weighted by molar-refractivity contribution is -0.153. The first-order valence-electron chi connectivity index (χ1n) is 9.97. The third-order valence-corrected chi connectivity index (χ3v) is 4.23. The highest BCUT2D eigenvalue weighted by Crippen LogP contribution is 2.21. The molecule has 0 bridgehead atoms. The van der Waals surface area contributed by atoms with E-state index in [1.165, 1.54) is 0 Å². The number of esters is 2. The summed E-state index contributed by atoms with van der Waals surface area (Å²) in [5, 5.41) is 0. The molecule has 0 aliphatic carbocycles. The van der Waals surface area contributed by atoms with Crippen LogP contribution in [0.15, 0.2) is 12.2 Å². The van der Waals surface area contributed by atoms with E-state index in [2.05, 4.69) is 27.7 Å². The first-order chi connectivity index (χ1) is 11.8. The minimum atomic E-state index is -0.531. The molecule has 0 aromatic carbocycles. The molecule has 0 fully saturated rings. The molecule has 0 rings (SSSR count). The molecule has 0 saturated heterocycles. The van der Waals surface area contributed by atoms with Crippen LogP contribution in [0.25, 0.3) is 0 Å². The fourth-order valence-electron chi connectivity index (χ4n) is 2.72. The summed E-state index contributed by atoms with van der Waals surface area (Å²) in [5.74, 6) is 0.267. The third-order valence-electron chi connectivity index (χ3n) is 4.23. The molecule has 0 spiro atoms. The van der Waals surface area contributed by atoms with Crippen LogP contribution in [-0.2, 0) is 19.1 Å². The summed E-state index contributed by atoms with van der Waals surface area (Å²) in [6.07, 6.45) is 8.16. The van der Waals surface area contributed by atoms with Gasteiger partial charge in [0.15, 0.2) is 0 Å². The van der Waals surface area contributed by atoms with Gasteiger partial charge < -0.3 is 9.47 Å². The molecule has 0 saturated carbocycles. The molecule has 4 heteroatoms. The topological polar surface area (TPSA) is 52.6 Å². The van der Waals surface area contributed by atoms with Gasteiger partial charge in [-0.3, -0.25) is 0 Å². The van der Waals surface area contributed by atoms with Gasteiger partial charge in [0.25, 0.3) is 0 Å². The monoisotopic (exact) mass is 368 g/mol. The highest BCUT2D eigenvalue weighted by Gasteiger charge is 2.23. The Morgan fingerprint density at radius 2 is 1.04 bits per heavy atom. The van der Waals surface area contributed by atoms with Gasteiger partial charge in [0.2, 0.25) is 0 Å². The van der Waals surface area contributed by atoms with Gasteiger partial charge >= 0.3 is 11.9 Å². The largest absolute Gasteiger partial charge is 0.457 e. The van der Waals surface area contributed by atoms with Gasteiger partial charge in [0.1, 0.15) is 11.2 Å². The Balaban J connectivity index is 4.34. The van der Waals surface area contributed by atoms with Crippen molar-refractivity contribution in [1.82, 2.24) is 0 Å². The number of carbonyl (C=O) groups is 2. The Hall–Kier alpha value is -1.32. The van der Waals surface area contributed by atoms with Gasteiger partial charge in [-0.1, -0.05) is 40.5 Å². The first-order valence-corrected chi connectivity index (χ1v) is 9.97. The van der Waals surface area contributed by atoms with Crippen LogP contribution in [0, 0.1) is 11.8 Å². The zero-order valence-corrected chi connectivity index (χ0v) is 18.2. The van der Waals surface area contributed by atoms with Crippen molar-refractivity contribution in [2.24, 2.45) is 11.8 Å². The molecular formula is C22H40O4. The number of carbonyl (C=O) groups excluding carboxylic acids is 2. The van der Waals surface area contributed by atoms with Crippen molar-refractivity contribution in [3.05, 3.63) is 12.2 Å². The zero-order chi connectivity index (χ0) is 20.4. The maximum atomic E-state index is 12.0. The lowest BCUT2D eigenvalue weighted by Crippen LogP contribution is -2.28. The Kier molecular flexibility index (Phi) is 10.8. The van der Waals surface area contributed by atoms with Crippen molar-refractivity contribution >= 4 is 11.9 Å². The van der Waals surface area contributed by atoms with Gasteiger partial charge in [-0.2, -0.15) is 0 Å². The Morgan fingerprint density at radius 3 is 1.31 bits per heavy atom. The summed E-state index contributed by atoms with van der Waals surface area (Å²) in [4.78, 5) is 23.9. The van der Waals surface area contributed by atoms with Crippen LogP contribution in [0.3, 0.4) is 0 Å². The molecule has 0 radical (unpaired) electrons. The van der Waals surface area contributed by atoms with Crippen LogP contribution in [0.4, 0.5) is 0 Å². The van der Waals surface area contributed by atoms with Crippen molar-refractivity contribution in [2.45, 2.75) is 105 Å². The van der Waals surface area contributed by atoms with E-state index in [1.807, 2.05) is 27.7 Å². The maximum Gasteiger partial charge on any atom is 0.331 e. The summed E-state index contributed by atoms with van der Waals surface area (Å²) in [6, 6.07) is 0. The molecule has 0 unspecified atom stereocenters. The second-order valence-electron chi connectivity index (χ2n) is 9.27. The van der Waals surface area contributed by atoms with E-state index in [-0.39, 0.29) is 0 Å². The highest BCUT2D eigenvalue weighted by atomic mass is 16.6. The van der Waals surface area contributed by atoms with Gasteiger partial charge in [0.05, 0.1) is 0 Å². The third kappa shape index (κ3) is 13.9. The van der Waals surface area contributed by atoms with E-state index in [9.17, 15) is 9.59 Å². The van der Waals surface area contributed by atoms with Crippen LogP contribution in [0.2, 0.25) is 0 Å². The zero-order valence-electron chi connectivity index (χ0n) is 18.2. The quantitative estimate of drug-likeness (QED) is 0.321. The summed E-state index contributed by atoms with van der Waals surface area (Å²) in [7, 11) is 0. The van der Waals surface area contributed by atoms with Crippen molar-refractivity contribution in [3.8, 4) is 0 Å². The Morgan fingerprint density at radius 1 is 0.731 bits per heavy atom. The second-order valence-corrected chi connectivity index (χ2v) is 9.27. The fraction of sp³-hybridized carbons (Fsp3) is 0.818. The van der Waals surface area contributed by atoms with Gasteiger partial charge in [-0.05, 0) is 65.2 Å². The second kappa shape index (κ2) is 11.4. The van der Waals surface area contributed by atoms with Crippen LogP contribution in [0.1, 0.15) is 93.9 Å². The molecule has 0 aliphatic rings. The molecule has 0 N–H and O–H groups in total. The molecule has 0 aromatic rings. The molecule has 4 nitrogen and oxygen atoms in total. The highest BCUT2D eigenvalue weighted by molar-refractivity contribution is 5.91. The molecule has 152 valence electrons. The lowest BCUT2D eigenvalue weighted by Gasteiger charge is -2.25. The molecule has 0 heterocycles. The number of ether oxygens (including phenoxy) is 2. The van der Waals surface area contributed by atoms with E-state index in [0.29, 0.717) is 11.8 Å². The van der Waals surface area contributed by atoms with Gasteiger partial charge in [0, 0.05) is 12.2 Å². The molecular weight excluding hydrogens is 328 g/mol. The van der Waals surface area contributed by atoms with E-state index in [1.54, 1.807) is 0 Å². The summed E-state index contributed by atoms with van der Waals surface area (Å²) in [5.41, 5.74) is -1.06. The van der Waals surface area contributed by atoms with Crippen molar-refractivity contribution in [2.75, 3.05) is 0 Å². The lowest BCUT2D eigenvalue weighted by atomic mass is 9.97. The first kappa shape index (κ1) is 24.7. The summed E-state index contributed by atoms with van der Waals surface area (Å²) >= 11 is 0. The van der Waals surface area contributed by atoms with Gasteiger partial charge in [-0.25, -0.2) is 9.59 Å². The molecule has 0 aliphatic heterocycles. The van der Waals surface area contributed by atoms with Crippen molar-refractivity contribution in [1.29, 1.82) is 0 Å². The minimum Gasteiger partial charge on any atom is -0.457 e. The number of hydrogen-bond acceptors (Lipinski definition) is 4. The average molecular weight is 369 g/mol. The van der Waals surface area contributed by atoms with E-state index >= 15 is 0 Å². The Labute approximate surface area is 160 Å². The van der Waals surface area contributed by atoms with Crippen LogP contribution in [-0.4, -0.2) is 23.1 Å². The van der Waals surface area contributed by atoms with Crippen LogP contribution >= 0.6 is 0 Å². The normalized spacial score (nSPS) is 12.8. The number of rotatable bonds is 12. The van der Waals surface area contributed by atoms with E-state index < -0.39 is 23.1 Å². The van der Waals surface area contributed by atoms with Crippen molar-refractivity contribution < 1.29 is 19.1 Å². The predicted octanol–water partition coefficient (Wildman–Crippen LogP) is 5.84. The fourth-order valence-corrected chi connectivity index (χ4v) is 2.72. The molecule has 0 atom stereocenters. The maximum absolute atomic E-state index is 12.0. The van der Waals surface area contributed by atoms with Crippen LogP contribution in [0.5, 0.6) is 0 Å². The standard InChI is InChI=1S/C22H40O4/c1-17(2)11-9-15-21(5,6)25-19(23)13-14-20(24)26-22(7,8)16-10-12-18(3)4/h13-14,17-18H,9-12,15-16H2,1-8H3/b14-13+. The van der Waals surface area contributed by atoms with Crippen molar-refractivity contribution in [3.63, 3.8) is 0 Å². The van der Waals surface area contributed by atoms with E-state index in [4.69, 9.17) is 9.47 Å². The van der Waals surface area contributed by atoms with Crippen LogP contribution < -0.4 is 0 Å². The smallest absolute Gasteiger partial charge is 0.331 e. The summed E-state index contributed by atoms with van der Waals surface area (Å²) < 4.78 is 10.9. The molecule has 26 heavy (non-hydrogen) atoms. The molecule has 0 amide bonds. The number of hydrogen-bond donors (Lipinski definition) is 0. The predicted molar refractivity (Wildman–Crippen MR) is 107 cm³/mol. The average Bonchev–Trinajstić information content (AvgIpc) is 2.42. The van der Waals surface area contributed by atoms with E-state index in [0.717, 1.165) is 50.7 Å². The van der Waals surface area contributed by atoms with Gasteiger partial charge in [-0.15, -0.1) is 0 Å². The molecule has 0 aromatic heterocycles. The SMILES string of the molecule is CC(C)CCCC(C)(C)OC(=O)/C=C/C(=O)OC(C)(C)CCCC(C)C. The Bertz CT molecular complexity index is 417. The summed E-state index contributed by atoms with van der Waals surface area (Å²) in [6.45, 7) is 16.3. The minimum absolute atomic E-state index is 0.505.